The third-order valence-corrected chi connectivity index (χ3v) is 9.45. The normalized spacial score (nSPS) is 11.4. The van der Waals surface area contributed by atoms with Crippen LogP contribution in [0.1, 0.15) is 0 Å². The van der Waals surface area contributed by atoms with Gasteiger partial charge in [0.1, 0.15) is 11.6 Å². The van der Waals surface area contributed by atoms with E-state index in [2.05, 4.69) is 98.4 Å². The van der Waals surface area contributed by atoms with Gasteiger partial charge in [0.2, 0.25) is 0 Å². The molecule has 0 aliphatic heterocycles. The van der Waals surface area contributed by atoms with Crippen molar-refractivity contribution in [1.29, 1.82) is 0 Å². The third kappa shape index (κ3) is 4.92. The third-order valence-electron chi connectivity index (χ3n) is 8.40. The summed E-state index contributed by atoms with van der Waals surface area (Å²) >= 11 is 1.67. The minimum absolute atomic E-state index is 0. The molecular weight excluding hydrogens is 782 g/mol. The minimum Gasteiger partial charge on any atom is -0.346 e. The van der Waals surface area contributed by atoms with Crippen molar-refractivity contribution >= 4 is 43.4 Å². The van der Waals surface area contributed by atoms with E-state index in [1.807, 2.05) is 72.4 Å². The largest absolute Gasteiger partial charge is 2.00 e. The summed E-state index contributed by atoms with van der Waals surface area (Å²) in [6.07, 6.45) is 9.38. The molecule has 0 saturated carbocycles. The number of pyridine rings is 1. The summed E-state index contributed by atoms with van der Waals surface area (Å²) in [5, 5.41) is 3.19. The Balaban J connectivity index is 0.00000324. The first kappa shape index (κ1) is 29.2. The number of para-hydroxylation sites is 1. The van der Waals surface area contributed by atoms with Gasteiger partial charge in [-0.1, -0.05) is 41.3 Å². The Kier molecular flexibility index (Phi) is 7.20. The summed E-state index contributed by atoms with van der Waals surface area (Å²) in [6.45, 7) is 0. The second kappa shape index (κ2) is 11.6. The van der Waals surface area contributed by atoms with E-state index in [4.69, 9.17) is 4.98 Å². The van der Waals surface area contributed by atoms with Gasteiger partial charge in [-0.25, -0.2) is 9.97 Å². The number of imidazole rings is 2. The summed E-state index contributed by atoms with van der Waals surface area (Å²) in [7, 11) is 4.02. The van der Waals surface area contributed by atoms with Crippen molar-refractivity contribution in [3.8, 4) is 50.3 Å². The SMILES string of the molecule is Cn1ccnc1-c1cc(-c2ccccn2)[c-]c(-n2c3[c-]c(-c4nc5ccc(-c6nccn6C)cc5s4)ccc3c3ccccc32)c1.[Pt+2]. The van der Waals surface area contributed by atoms with E-state index < -0.39 is 0 Å². The summed E-state index contributed by atoms with van der Waals surface area (Å²) in [5.74, 6) is 1.81. The molecule has 0 unspecified atom stereocenters. The molecule has 0 amide bonds. The summed E-state index contributed by atoms with van der Waals surface area (Å²) in [5.41, 5.74) is 8.65. The van der Waals surface area contributed by atoms with E-state index in [0.717, 1.165) is 82.3 Å². The van der Waals surface area contributed by atoms with Crippen molar-refractivity contribution in [2.24, 2.45) is 14.1 Å². The molecule has 0 spiro atoms. The minimum atomic E-state index is 0. The van der Waals surface area contributed by atoms with Crippen LogP contribution < -0.4 is 0 Å². The molecule has 0 N–H and O–H groups in total. The summed E-state index contributed by atoms with van der Waals surface area (Å²) in [6, 6.07) is 36.8. The Morgan fingerprint density at radius 1 is 0.660 bits per heavy atom. The van der Waals surface area contributed by atoms with Crippen LogP contribution in [0.2, 0.25) is 0 Å². The average Bonchev–Trinajstić information content (AvgIpc) is 3.89. The van der Waals surface area contributed by atoms with Gasteiger partial charge in [0.05, 0.1) is 5.52 Å². The molecule has 0 fully saturated rings. The molecule has 5 aromatic heterocycles. The van der Waals surface area contributed by atoms with Gasteiger partial charge in [0, 0.05) is 65.9 Å². The van der Waals surface area contributed by atoms with Crippen LogP contribution in [0.5, 0.6) is 0 Å². The molecule has 0 aliphatic carbocycles. The molecule has 5 heterocycles. The fourth-order valence-electron chi connectivity index (χ4n) is 6.20. The van der Waals surface area contributed by atoms with E-state index in [9.17, 15) is 0 Å². The number of benzene rings is 4. The molecule has 0 radical (unpaired) electrons. The van der Waals surface area contributed by atoms with E-state index >= 15 is 0 Å². The van der Waals surface area contributed by atoms with Crippen molar-refractivity contribution in [2.45, 2.75) is 0 Å². The van der Waals surface area contributed by atoms with Crippen LogP contribution in [-0.2, 0) is 35.2 Å². The Morgan fingerprint density at radius 3 is 2.21 bits per heavy atom. The van der Waals surface area contributed by atoms with Crippen LogP contribution in [-0.4, -0.2) is 33.6 Å². The van der Waals surface area contributed by atoms with Gasteiger partial charge >= 0.3 is 21.1 Å². The van der Waals surface area contributed by atoms with Crippen LogP contribution in [0.4, 0.5) is 0 Å². The molecule has 4 aromatic carbocycles. The van der Waals surface area contributed by atoms with Crippen LogP contribution in [0, 0.1) is 12.1 Å². The zero-order chi connectivity index (χ0) is 30.8. The van der Waals surface area contributed by atoms with E-state index in [1.54, 1.807) is 11.3 Å². The number of nitrogens with zero attached hydrogens (tertiary/aromatic N) is 7. The Morgan fingerprint density at radius 2 is 1.45 bits per heavy atom. The predicted octanol–water partition coefficient (Wildman–Crippen LogP) is 8.52. The average molecular weight is 807 g/mol. The first-order valence-corrected chi connectivity index (χ1v) is 15.7. The van der Waals surface area contributed by atoms with Gasteiger partial charge in [0.15, 0.2) is 0 Å². The van der Waals surface area contributed by atoms with Gasteiger partial charge in [0.25, 0.3) is 0 Å². The Hall–Kier alpha value is -5.17. The topological polar surface area (TPSA) is 66.3 Å². The smallest absolute Gasteiger partial charge is 0.346 e. The molecule has 0 aliphatic rings. The molecule has 9 heteroatoms. The molecule has 7 nitrogen and oxygen atoms in total. The number of fused-ring (bicyclic) bond motifs is 4. The molecule has 9 rings (SSSR count). The maximum atomic E-state index is 5.03. The Labute approximate surface area is 289 Å². The number of hydrogen-bond acceptors (Lipinski definition) is 5. The summed E-state index contributed by atoms with van der Waals surface area (Å²) in [4.78, 5) is 18.9. The second-order valence-electron chi connectivity index (χ2n) is 11.3. The first-order chi connectivity index (χ1) is 22.6. The zero-order valence-electron chi connectivity index (χ0n) is 25.3. The zero-order valence-corrected chi connectivity index (χ0v) is 28.4. The molecule has 228 valence electrons. The number of hydrogen-bond donors (Lipinski definition) is 0. The second-order valence-corrected chi connectivity index (χ2v) is 12.3. The van der Waals surface area contributed by atoms with E-state index in [-0.39, 0.29) is 21.1 Å². The van der Waals surface area contributed by atoms with Crippen LogP contribution in [0.15, 0.2) is 116 Å². The fraction of sp³-hybridized carbons (Fsp3) is 0.0526. The van der Waals surface area contributed by atoms with Gasteiger partial charge < -0.3 is 18.7 Å². The van der Waals surface area contributed by atoms with E-state index in [0.29, 0.717) is 0 Å². The van der Waals surface area contributed by atoms with Crippen molar-refractivity contribution in [3.63, 3.8) is 0 Å². The maximum absolute atomic E-state index is 5.03. The summed E-state index contributed by atoms with van der Waals surface area (Å²) < 4.78 is 7.42. The number of aryl methyl sites for hydroxylation is 2. The predicted molar refractivity (Wildman–Crippen MR) is 185 cm³/mol. The van der Waals surface area contributed by atoms with Crippen LogP contribution >= 0.6 is 11.3 Å². The molecular formula is C38H25N7PtS. The molecule has 9 aromatic rings. The molecule has 0 saturated heterocycles. The van der Waals surface area contributed by atoms with Crippen molar-refractivity contribution in [1.82, 2.24) is 33.6 Å². The van der Waals surface area contributed by atoms with Crippen LogP contribution in [0.3, 0.4) is 0 Å². The number of aromatic nitrogens is 7. The number of rotatable bonds is 5. The van der Waals surface area contributed by atoms with Gasteiger partial charge in [-0.2, -0.15) is 11.3 Å². The fourth-order valence-corrected chi connectivity index (χ4v) is 7.18. The monoisotopic (exact) mass is 806 g/mol. The standard InChI is InChI=1S/C38H25N7S.Pt/c1-43-17-15-40-36(43)24-11-13-32-35(23-24)46-38(42-32)25-10-12-30-29-7-3-4-9-33(29)45(34(30)22-25)28-20-26(31-8-5-6-14-39-31)19-27(21-28)37-41-16-18-44(37)2;/h3-19,21,23H,1-2H3;/q-2;+2. The van der Waals surface area contributed by atoms with Crippen molar-refractivity contribution < 1.29 is 21.1 Å². The van der Waals surface area contributed by atoms with Gasteiger partial charge in [-0.05, 0) is 52.6 Å². The van der Waals surface area contributed by atoms with E-state index in [1.165, 1.54) is 0 Å². The Bertz CT molecular complexity index is 2570. The van der Waals surface area contributed by atoms with Crippen molar-refractivity contribution in [3.05, 3.63) is 128 Å². The van der Waals surface area contributed by atoms with Gasteiger partial charge in [-0.3, -0.25) is 4.98 Å². The maximum Gasteiger partial charge on any atom is 2.00 e. The quantitative estimate of drug-likeness (QED) is 0.164. The van der Waals surface area contributed by atoms with Gasteiger partial charge in [-0.15, -0.1) is 47.5 Å². The van der Waals surface area contributed by atoms with Crippen LogP contribution in [0.25, 0.3) is 82.3 Å². The molecule has 0 bridgehead atoms. The number of thiazole rings is 1. The molecule has 47 heavy (non-hydrogen) atoms. The molecule has 0 atom stereocenters. The van der Waals surface area contributed by atoms with Crippen molar-refractivity contribution in [2.75, 3.05) is 0 Å². The first-order valence-electron chi connectivity index (χ1n) is 14.9.